The Morgan fingerprint density at radius 2 is 1.92 bits per heavy atom. The summed E-state index contributed by atoms with van der Waals surface area (Å²) in [6, 6.07) is 8.19. The van der Waals surface area contributed by atoms with Crippen LogP contribution in [0.15, 0.2) is 40.6 Å². The molecule has 3 rings (SSSR count). The van der Waals surface area contributed by atoms with Crippen molar-refractivity contribution in [3.05, 3.63) is 41.4 Å². The van der Waals surface area contributed by atoms with E-state index in [1.54, 1.807) is 30.3 Å². The molecule has 1 N–H and O–H groups in total. The molecule has 26 heavy (non-hydrogen) atoms. The molecule has 2 aromatic rings. The van der Waals surface area contributed by atoms with Crippen molar-refractivity contribution >= 4 is 32.4 Å². The first kappa shape index (κ1) is 19.0. The number of thiazole rings is 1. The van der Waals surface area contributed by atoms with Gasteiger partial charge in [-0.2, -0.15) is 4.31 Å². The zero-order valence-corrected chi connectivity index (χ0v) is 16.4. The van der Waals surface area contributed by atoms with Gasteiger partial charge < -0.3 is 5.32 Å². The minimum Gasteiger partial charge on any atom is -0.301 e. The number of nitrogens with zero attached hydrogens (tertiary/aromatic N) is 2. The lowest BCUT2D eigenvalue weighted by Gasteiger charge is -2.32. The fourth-order valence-corrected chi connectivity index (χ4v) is 5.59. The van der Waals surface area contributed by atoms with Crippen LogP contribution >= 0.6 is 11.3 Å². The lowest BCUT2D eigenvalue weighted by atomic mass is 9.95. The van der Waals surface area contributed by atoms with Gasteiger partial charge in [-0.3, -0.25) is 4.79 Å². The number of aryl methyl sites for hydroxylation is 1. The first-order valence-corrected chi connectivity index (χ1v) is 11.1. The quantitative estimate of drug-likeness (QED) is 0.816. The van der Waals surface area contributed by atoms with Crippen LogP contribution in [0.4, 0.5) is 5.13 Å². The van der Waals surface area contributed by atoms with Crippen molar-refractivity contribution in [2.45, 2.75) is 50.0 Å². The van der Waals surface area contributed by atoms with Crippen LogP contribution in [-0.2, 0) is 14.8 Å². The number of anilines is 1. The van der Waals surface area contributed by atoms with Crippen molar-refractivity contribution in [1.82, 2.24) is 9.29 Å². The van der Waals surface area contributed by atoms with Crippen LogP contribution in [0.1, 0.15) is 37.8 Å². The molecule has 1 amide bonds. The molecule has 1 fully saturated rings. The van der Waals surface area contributed by atoms with Gasteiger partial charge in [-0.1, -0.05) is 37.5 Å². The summed E-state index contributed by atoms with van der Waals surface area (Å²) in [4.78, 5) is 16.9. The van der Waals surface area contributed by atoms with Gasteiger partial charge in [-0.15, -0.1) is 11.3 Å². The van der Waals surface area contributed by atoms with Crippen LogP contribution in [0.2, 0.25) is 0 Å². The van der Waals surface area contributed by atoms with E-state index in [1.165, 1.54) is 15.6 Å². The van der Waals surface area contributed by atoms with Gasteiger partial charge in [0.05, 0.1) is 17.1 Å². The molecule has 0 unspecified atom stereocenters. The number of carbonyl (C=O) groups excluding carboxylic acids is 1. The van der Waals surface area contributed by atoms with Gasteiger partial charge in [-0.05, 0) is 31.9 Å². The number of rotatable bonds is 6. The van der Waals surface area contributed by atoms with Gasteiger partial charge >= 0.3 is 0 Å². The van der Waals surface area contributed by atoms with Gasteiger partial charge in [0.1, 0.15) is 0 Å². The number of carbonyl (C=O) groups is 1. The molecule has 6 nitrogen and oxygen atoms in total. The molecular weight excluding hydrogens is 370 g/mol. The molecule has 1 aromatic carbocycles. The maximum absolute atomic E-state index is 13.2. The average Bonchev–Trinajstić information content (AvgIpc) is 3.05. The summed E-state index contributed by atoms with van der Waals surface area (Å²) in [7, 11) is -3.73. The molecule has 0 aliphatic heterocycles. The third-order valence-electron chi connectivity index (χ3n) is 4.50. The monoisotopic (exact) mass is 393 g/mol. The first-order valence-electron chi connectivity index (χ1n) is 8.76. The predicted molar refractivity (Wildman–Crippen MR) is 103 cm³/mol. The topological polar surface area (TPSA) is 79.4 Å². The van der Waals surface area contributed by atoms with Crippen molar-refractivity contribution in [1.29, 1.82) is 0 Å². The molecule has 8 heteroatoms. The smallest absolute Gasteiger partial charge is 0.243 e. The second kappa shape index (κ2) is 8.28. The Bertz CT molecular complexity index is 844. The summed E-state index contributed by atoms with van der Waals surface area (Å²) in [5.41, 5.74) is 0.825. The summed E-state index contributed by atoms with van der Waals surface area (Å²) in [5, 5.41) is 5.05. The van der Waals surface area contributed by atoms with Crippen molar-refractivity contribution in [2.24, 2.45) is 0 Å². The molecule has 0 bridgehead atoms. The molecule has 1 saturated carbocycles. The number of nitrogens with one attached hydrogen (secondary N) is 1. The average molecular weight is 394 g/mol. The van der Waals surface area contributed by atoms with E-state index >= 15 is 0 Å². The van der Waals surface area contributed by atoms with Crippen molar-refractivity contribution in [3.8, 4) is 0 Å². The first-order chi connectivity index (χ1) is 12.5. The summed E-state index contributed by atoms with van der Waals surface area (Å²) in [6.45, 7) is 1.65. The van der Waals surface area contributed by atoms with E-state index in [1.807, 2.05) is 12.3 Å². The van der Waals surface area contributed by atoms with Crippen molar-refractivity contribution < 1.29 is 13.2 Å². The molecule has 0 saturated heterocycles. The third kappa shape index (κ3) is 4.49. The van der Waals surface area contributed by atoms with Crippen LogP contribution in [0.5, 0.6) is 0 Å². The van der Waals surface area contributed by atoms with E-state index in [9.17, 15) is 13.2 Å². The highest BCUT2D eigenvalue weighted by Gasteiger charge is 2.33. The van der Waals surface area contributed by atoms with Gasteiger partial charge in [0.2, 0.25) is 15.9 Å². The fourth-order valence-electron chi connectivity index (χ4n) is 3.22. The highest BCUT2D eigenvalue weighted by molar-refractivity contribution is 7.89. The van der Waals surface area contributed by atoms with E-state index in [4.69, 9.17) is 0 Å². The SMILES string of the molecule is Cc1csc(NC(=O)CN(C2CCCCC2)S(=O)(=O)c2ccccc2)n1. The highest BCUT2D eigenvalue weighted by atomic mass is 32.2. The summed E-state index contributed by atoms with van der Waals surface area (Å²) in [6.07, 6.45) is 4.66. The lowest BCUT2D eigenvalue weighted by molar-refractivity contribution is -0.116. The van der Waals surface area contributed by atoms with Crippen LogP contribution in [0, 0.1) is 6.92 Å². The molecule has 1 aromatic heterocycles. The Balaban J connectivity index is 1.82. The summed E-state index contributed by atoms with van der Waals surface area (Å²) >= 11 is 1.33. The number of amides is 1. The molecule has 0 radical (unpaired) electrons. The van der Waals surface area contributed by atoms with E-state index in [-0.39, 0.29) is 23.4 Å². The molecule has 1 aliphatic carbocycles. The Hall–Kier alpha value is -1.77. The third-order valence-corrected chi connectivity index (χ3v) is 7.28. The van der Waals surface area contributed by atoms with E-state index in [2.05, 4.69) is 10.3 Å². The zero-order chi connectivity index (χ0) is 18.6. The minimum atomic E-state index is -3.73. The van der Waals surface area contributed by atoms with Crippen molar-refractivity contribution in [2.75, 3.05) is 11.9 Å². The standard InChI is InChI=1S/C18H23N3O3S2/c1-14-13-25-18(19-14)20-17(22)12-21(15-8-4-2-5-9-15)26(23,24)16-10-6-3-7-11-16/h3,6-7,10-11,13,15H,2,4-5,8-9,12H2,1H3,(H,19,20,22). The lowest BCUT2D eigenvalue weighted by Crippen LogP contribution is -2.45. The van der Waals surface area contributed by atoms with E-state index in [0.717, 1.165) is 37.8 Å². The Morgan fingerprint density at radius 1 is 1.23 bits per heavy atom. The molecule has 0 spiro atoms. The highest BCUT2D eigenvalue weighted by Crippen LogP contribution is 2.28. The maximum Gasteiger partial charge on any atom is 0.243 e. The van der Waals surface area contributed by atoms with Gasteiger partial charge in [0.15, 0.2) is 5.13 Å². The summed E-state index contributed by atoms with van der Waals surface area (Å²) in [5.74, 6) is -0.357. The molecule has 140 valence electrons. The molecule has 1 aliphatic rings. The van der Waals surface area contributed by atoms with Gasteiger partial charge in [0.25, 0.3) is 0 Å². The summed E-state index contributed by atoms with van der Waals surface area (Å²) < 4.78 is 27.7. The fraction of sp³-hybridized carbons (Fsp3) is 0.444. The molecule has 1 heterocycles. The Labute approximate surface area is 158 Å². The Morgan fingerprint density at radius 3 is 2.54 bits per heavy atom. The van der Waals surface area contributed by atoms with Crippen LogP contribution in [-0.4, -0.2) is 36.2 Å². The van der Waals surface area contributed by atoms with Crippen LogP contribution in [0.25, 0.3) is 0 Å². The van der Waals surface area contributed by atoms with E-state index < -0.39 is 10.0 Å². The number of benzene rings is 1. The zero-order valence-electron chi connectivity index (χ0n) is 14.7. The second-order valence-corrected chi connectivity index (χ2v) is 9.25. The van der Waals surface area contributed by atoms with Crippen LogP contribution in [0.3, 0.4) is 0 Å². The number of hydrogen-bond acceptors (Lipinski definition) is 5. The number of hydrogen-bond donors (Lipinski definition) is 1. The molecule has 0 atom stereocenters. The van der Waals surface area contributed by atoms with Crippen LogP contribution < -0.4 is 5.32 Å². The van der Waals surface area contributed by atoms with Gasteiger partial charge in [-0.25, -0.2) is 13.4 Å². The normalized spacial score (nSPS) is 15.9. The predicted octanol–water partition coefficient (Wildman–Crippen LogP) is 3.41. The largest absolute Gasteiger partial charge is 0.301 e. The number of aromatic nitrogens is 1. The molecular formula is C18H23N3O3S2. The maximum atomic E-state index is 13.2. The second-order valence-electron chi connectivity index (χ2n) is 6.50. The van der Waals surface area contributed by atoms with E-state index in [0.29, 0.717) is 5.13 Å². The van der Waals surface area contributed by atoms with Gasteiger partial charge in [0, 0.05) is 11.4 Å². The number of sulfonamides is 1. The minimum absolute atomic E-state index is 0.141. The Kier molecular flexibility index (Phi) is 6.05. The van der Waals surface area contributed by atoms with Crippen molar-refractivity contribution in [3.63, 3.8) is 0 Å².